The van der Waals surface area contributed by atoms with Gasteiger partial charge in [-0.2, -0.15) is 5.10 Å². The average molecular weight is 302 g/mol. The maximum absolute atomic E-state index is 12.0. The van der Waals surface area contributed by atoms with E-state index < -0.39 is 0 Å². The number of methoxy groups -OCH3 is 1. The van der Waals surface area contributed by atoms with E-state index in [1.807, 2.05) is 31.2 Å². The zero-order chi connectivity index (χ0) is 15.9. The Bertz CT molecular complexity index is 605. The third-order valence-corrected chi connectivity index (χ3v) is 3.28. The molecule has 1 heterocycles. The van der Waals surface area contributed by atoms with E-state index in [4.69, 9.17) is 10.5 Å². The van der Waals surface area contributed by atoms with Gasteiger partial charge in [0.25, 0.3) is 5.91 Å². The van der Waals surface area contributed by atoms with Crippen LogP contribution in [0.15, 0.2) is 36.7 Å². The molecule has 118 valence electrons. The second-order valence-corrected chi connectivity index (χ2v) is 5.30. The lowest BCUT2D eigenvalue weighted by Crippen LogP contribution is -2.28. The van der Waals surface area contributed by atoms with E-state index in [0.717, 1.165) is 17.7 Å². The number of carbonyl (C=O) groups is 1. The lowest BCUT2D eigenvalue weighted by Gasteiger charge is -2.06. The third-order valence-electron chi connectivity index (χ3n) is 3.28. The normalized spacial score (nSPS) is 12.0. The number of nitrogens with one attached hydrogen (secondary N) is 1. The molecule has 1 amide bonds. The highest BCUT2D eigenvalue weighted by Gasteiger charge is 2.08. The van der Waals surface area contributed by atoms with Gasteiger partial charge in [0.15, 0.2) is 0 Å². The van der Waals surface area contributed by atoms with Crippen molar-refractivity contribution in [3.8, 4) is 5.75 Å². The maximum Gasteiger partial charge on any atom is 0.254 e. The molecule has 0 saturated carbocycles. The highest BCUT2D eigenvalue weighted by molar-refractivity contribution is 5.93. The molecule has 1 unspecified atom stereocenters. The number of ether oxygens (including phenoxy) is 1. The minimum absolute atomic E-state index is 0.0816. The predicted octanol–water partition coefficient (Wildman–Crippen LogP) is 1.41. The van der Waals surface area contributed by atoms with Gasteiger partial charge in [0.2, 0.25) is 0 Å². The van der Waals surface area contributed by atoms with Gasteiger partial charge in [0.1, 0.15) is 5.75 Å². The Labute approximate surface area is 130 Å². The van der Waals surface area contributed by atoms with Crippen LogP contribution in [0.5, 0.6) is 5.75 Å². The number of nitrogens with two attached hydrogens (primary N) is 1. The first-order valence-corrected chi connectivity index (χ1v) is 7.27. The van der Waals surface area contributed by atoms with Crippen molar-refractivity contribution >= 4 is 5.91 Å². The molecule has 0 aliphatic carbocycles. The molecule has 2 aromatic rings. The van der Waals surface area contributed by atoms with Crippen LogP contribution in [-0.4, -0.2) is 35.4 Å². The topological polar surface area (TPSA) is 82.2 Å². The van der Waals surface area contributed by atoms with Gasteiger partial charge >= 0.3 is 0 Å². The van der Waals surface area contributed by atoms with E-state index in [2.05, 4.69) is 10.4 Å². The van der Waals surface area contributed by atoms with E-state index in [-0.39, 0.29) is 11.9 Å². The maximum atomic E-state index is 12.0. The minimum atomic E-state index is -0.123. The summed E-state index contributed by atoms with van der Waals surface area (Å²) >= 11 is 0. The fraction of sp³-hybridized carbons (Fsp3) is 0.375. The molecule has 0 aliphatic rings. The molecule has 1 aromatic heterocycles. The number of hydrogen-bond acceptors (Lipinski definition) is 4. The van der Waals surface area contributed by atoms with E-state index in [1.54, 1.807) is 24.2 Å². The van der Waals surface area contributed by atoms with Crippen molar-refractivity contribution in [3.05, 3.63) is 47.8 Å². The van der Waals surface area contributed by atoms with E-state index in [1.165, 1.54) is 0 Å². The molecule has 0 bridgehead atoms. The van der Waals surface area contributed by atoms with Crippen molar-refractivity contribution in [2.45, 2.75) is 25.9 Å². The summed E-state index contributed by atoms with van der Waals surface area (Å²) in [6, 6.07) is 7.84. The second-order valence-electron chi connectivity index (χ2n) is 5.30. The quantitative estimate of drug-likeness (QED) is 0.810. The molecular weight excluding hydrogens is 280 g/mol. The van der Waals surface area contributed by atoms with Gasteiger partial charge in [-0.3, -0.25) is 9.48 Å². The first-order chi connectivity index (χ1) is 10.6. The second kappa shape index (κ2) is 7.61. The largest absolute Gasteiger partial charge is 0.497 e. The van der Waals surface area contributed by atoms with Gasteiger partial charge in [-0.05, 0) is 31.0 Å². The Morgan fingerprint density at radius 3 is 2.77 bits per heavy atom. The van der Waals surface area contributed by atoms with Gasteiger partial charge in [0, 0.05) is 18.8 Å². The van der Waals surface area contributed by atoms with Gasteiger partial charge in [0.05, 0.1) is 25.4 Å². The van der Waals surface area contributed by atoms with Gasteiger partial charge in [-0.15, -0.1) is 0 Å². The summed E-state index contributed by atoms with van der Waals surface area (Å²) in [5, 5.41) is 7.05. The number of rotatable bonds is 7. The van der Waals surface area contributed by atoms with Crippen LogP contribution >= 0.6 is 0 Å². The predicted molar refractivity (Wildman–Crippen MR) is 84.9 cm³/mol. The molecular formula is C16H22N4O2. The fourth-order valence-electron chi connectivity index (χ4n) is 2.00. The molecule has 0 fully saturated rings. The Morgan fingerprint density at radius 1 is 1.41 bits per heavy atom. The van der Waals surface area contributed by atoms with E-state index >= 15 is 0 Å². The molecule has 3 N–H and O–H groups in total. The number of amides is 1. The van der Waals surface area contributed by atoms with Crippen LogP contribution in [-0.2, 0) is 6.54 Å². The molecule has 22 heavy (non-hydrogen) atoms. The van der Waals surface area contributed by atoms with Crippen LogP contribution in [0, 0.1) is 0 Å². The van der Waals surface area contributed by atoms with Gasteiger partial charge in [-0.25, -0.2) is 0 Å². The zero-order valence-corrected chi connectivity index (χ0v) is 13.0. The zero-order valence-electron chi connectivity index (χ0n) is 13.0. The summed E-state index contributed by atoms with van der Waals surface area (Å²) in [5.41, 5.74) is 7.30. The molecule has 1 aromatic carbocycles. The molecule has 6 nitrogen and oxygen atoms in total. The summed E-state index contributed by atoms with van der Waals surface area (Å²) < 4.78 is 6.86. The van der Waals surface area contributed by atoms with Crippen LogP contribution in [0.1, 0.15) is 29.3 Å². The summed E-state index contributed by atoms with van der Waals surface area (Å²) in [6.45, 7) is 3.09. The van der Waals surface area contributed by atoms with Crippen LogP contribution in [0.25, 0.3) is 0 Å². The van der Waals surface area contributed by atoms with Crippen molar-refractivity contribution in [3.63, 3.8) is 0 Å². The standard InChI is InChI=1S/C16H22N4O2/c1-12(17)7-8-18-16(21)14-9-19-20(11-14)10-13-3-5-15(22-2)6-4-13/h3-6,9,11-12H,7-8,10,17H2,1-2H3,(H,18,21). The van der Waals surface area contributed by atoms with Crippen molar-refractivity contribution in [1.29, 1.82) is 0 Å². The molecule has 6 heteroatoms. The Balaban J connectivity index is 1.91. The van der Waals surface area contributed by atoms with E-state index in [9.17, 15) is 4.79 Å². The lowest BCUT2D eigenvalue weighted by molar-refractivity contribution is 0.0952. The molecule has 0 spiro atoms. The Hall–Kier alpha value is -2.34. The lowest BCUT2D eigenvalue weighted by atomic mass is 10.2. The number of hydrogen-bond donors (Lipinski definition) is 2. The molecule has 0 saturated heterocycles. The number of carbonyl (C=O) groups excluding carboxylic acids is 1. The van der Waals surface area contributed by atoms with Crippen molar-refractivity contribution in [2.24, 2.45) is 5.73 Å². The summed E-state index contributed by atoms with van der Waals surface area (Å²) in [4.78, 5) is 12.0. The van der Waals surface area contributed by atoms with Crippen LogP contribution in [0.2, 0.25) is 0 Å². The van der Waals surface area contributed by atoms with Crippen molar-refractivity contribution < 1.29 is 9.53 Å². The molecule has 2 rings (SSSR count). The SMILES string of the molecule is COc1ccc(Cn2cc(C(=O)NCCC(C)N)cn2)cc1. The van der Waals surface area contributed by atoms with Crippen LogP contribution in [0.3, 0.4) is 0 Å². The number of benzene rings is 1. The summed E-state index contributed by atoms with van der Waals surface area (Å²) in [6.07, 6.45) is 4.07. The highest BCUT2D eigenvalue weighted by Crippen LogP contribution is 2.12. The Kier molecular flexibility index (Phi) is 5.55. The molecule has 0 aliphatic heterocycles. The number of aromatic nitrogens is 2. The van der Waals surface area contributed by atoms with Crippen molar-refractivity contribution in [1.82, 2.24) is 15.1 Å². The molecule has 0 radical (unpaired) electrons. The van der Waals surface area contributed by atoms with E-state index in [0.29, 0.717) is 18.7 Å². The minimum Gasteiger partial charge on any atom is -0.497 e. The van der Waals surface area contributed by atoms with Crippen molar-refractivity contribution in [2.75, 3.05) is 13.7 Å². The van der Waals surface area contributed by atoms with Crippen LogP contribution < -0.4 is 15.8 Å². The monoisotopic (exact) mass is 302 g/mol. The summed E-state index contributed by atoms with van der Waals surface area (Å²) in [5.74, 6) is 0.694. The first kappa shape index (κ1) is 16.0. The highest BCUT2D eigenvalue weighted by atomic mass is 16.5. The van der Waals surface area contributed by atoms with Gasteiger partial charge in [-0.1, -0.05) is 12.1 Å². The third kappa shape index (κ3) is 4.60. The Morgan fingerprint density at radius 2 is 2.14 bits per heavy atom. The van der Waals surface area contributed by atoms with Gasteiger partial charge < -0.3 is 15.8 Å². The molecule has 1 atom stereocenters. The van der Waals surface area contributed by atoms with Crippen LogP contribution in [0.4, 0.5) is 0 Å². The first-order valence-electron chi connectivity index (χ1n) is 7.27. The smallest absolute Gasteiger partial charge is 0.254 e. The fourth-order valence-corrected chi connectivity index (χ4v) is 2.00. The number of nitrogens with zero attached hydrogens (tertiary/aromatic N) is 2. The average Bonchev–Trinajstić information content (AvgIpc) is 2.96. The summed E-state index contributed by atoms with van der Waals surface area (Å²) in [7, 11) is 1.64.